The van der Waals surface area contributed by atoms with Gasteiger partial charge in [0.25, 0.3) is 0 Å². The summed E-state index contributed by atoms with van der Waals surface area (Å²) < 4.78 is 0.924. The fourth-order valence-corrected chi connectivity index (χ4v) is 3.01. The van der Waals surface area contributed by atoms with Crippen LogP contribution in [0.1, 0.15) is 51.6 Å². The van der Waals surface area contributed by atoms with Crippen LogP contribution >= 0.6 is 15.9 Å². The van der Waals surface area contributed by atoms with E-state index in [0.717, 1.165) is 10.0 Å². The Morgan fingerprint density at radius 2 is 1.86 bits per heavy atom. The van der Waals surface area contributed by atoms with Gasteiger partial charge in [-0.3, -0.25) is 9.59 Å². The lowest BCUT2D eigenvalue weighted by Gasteiger charge is -2.27. The number of carbonyl (C=O) groups excluding carboxylic acids is 1. The Balaban J connectivity index is 2.77. The molecule has 0 bridgehead atoms. The molecule has 4 nitrogen and oxygen atoms in total. The third-order valence-corrected chi connectivity index (χ3v) is 4.78. The topological polar surface area (TPSA) is 66.4 Å². The fourth-order valence-electron chi connectivity index (χ4n) is 2.38. The molecule has 1 rings (SSSR count). The largest absolute Gasteiger partial charge is 0.481 e. The molecule has 1 aromatic rings. The number of halogens is 1. The van der Waals surface area contributed by atoms with Crippen LogP contribution in [0.3, 0.4) is 0 Å². The second kappa shape index (κ2) is 7.59. The van der Waals surface area contributed by atoms with E-state index in [1.165, 1.54) is 0 Å². The molecule has 0 aliphatic carbocycles. The van der Waals surface area contributed by atoms with Gasteiger partial charge >= 0.3 is 5.97 Å². The zero-order valence-electron chi connectivity index (χ0n) is 12.6. The second-order valence-corrected chi connectivity index (χ2v) is 6.13. The summed E-state index contributed by atoms with van der Waals surface area (Å²) in [5.41, 5.74) is -0.00247. The molecule has 1 amide bonds. The number of hydrogen-bond acceptors (Lipinski definition) is 2. The van der Waals surface area contributed by atoms with Gasteiger partial charge in [-0.05, 0) is 31.4 Å². The molecule has 1 unspecified atom stereocenters. The number of nitrogens with one attached hydrogen (secondary N) is 1. The molecule has 1 atom stereocenters. The lowest BCUT2D eigenvalue weighted by atomic mass is 9.79. The molecule has 0 heterocycles. The van der Waals surface area contributed by atoms with Gasteiger partial charge in [0.2, 0.25) is 5.91 Å². The molecular formula is C16H22BrNO3. The molecule has 0 spiro atoms. The van der Waals surface area contributed by atoms with E-state index in [1.54, 1.807) is 0 Å². The van der Waals surface area contributed by atoms with Gasteiger partial charge in [0.15, 0.2) is 0 Å². The maximum Gasteiger partial charge on any atom is 0.310 e. The number of hydrogen-bond donors (Lipinski definition) is 2. The third-order valence-electron chi connectivity index (χ3n) is 4.06. The van der Waals surface area contributed by atoms with E-state index in [9.17, 15) is 14.7 Å². The van der Waals surface area contributed by atoms with Crippen molar-refractivity contribution in [2.24, 2.45) is 5.41 Å². The molecule has 0 aromatic heterocycles. The average Bonchev–Trinajstić information content (AvgIpc) is 2.44. The highest BCUT2D eigenvalue weighted by atomic mass is 79.9. The Morgan fingerprint density at radius 3 is 2.33 bits per heavy atom. The van der Waals surface area contributed by atoms with Crippen molar-refractivity contribution >= 4 is 27.8 Å². The smallest absolute Gasteiger partial charge is 0.310 e. The summed E-state index contributed by atoms with van der Waals surface area (Å²) in [7, 11) is 0. The van der Waals surface area contributed by atoms with E-state index < -0.39 is 11.4 Å². The number of carbonyl (C=O) groups is 2. The van der Waals surface area contributed by atoms with Gasteiger partial charge in [-0.15, -0.1) is 0 Å². The SMILES string of the molecule is CCC(CC)(CC(=O)NC(C)c1ccccc1Br)C(=O)O. The van der Waals surface area contributed by atoms with Crippen LogP contribution in [0, 0.1) is 5.41 Å². The summed E-state index contributed by atoms with van der Waals surface area (Å²) in [6, 6.07) is 7.48. The van der Waals surface area contributed by atoms with E-state index in [-0.39, 0.29) is 18.4 Å². The molecule has 0 radical (unpaired) electrons. The van der Waals surface area contributed by atoms with Gasteiger partial charge in [0.1, 0.15) is 0 Å². The van der Waals surface area contributed by atoms with E-state index in [2.05, 4.69) is 21.2 Å². The lowest BCUT2D eigenvalue weighted by molar-refractivity contribution is -0.152. The molecule has 21 heavy (non-hydrogen) atoms. The molecule has 1 aromatic carbocycles. The minimum atomic E-state index is -0.974. The lowest BCUT2D eigenvalue weighted by Crippen LogP contribution is -2.37. The Labute approximate surface area is 134 Å². The van der Waals surface area contributed by atoms with E-state index in [1.807, 2.05) is 45.0 Å². The first-order chi connectivity index (χ1) is 9.86. The number of rotatable bonds is 7. The molecule has 0 fully saturated rings. The summed E-state index contributed by atoms with van der Waals surface area (Å²) in [5, 5.41) is 12.3. The average molecular weight is 356 g/mol. The van der Waals surface area contributed by atoms with Crippen molar-refractivity contribution in [3.05, 3.63) is 34.3 Å². The molecule has 0 saturated heterocycles. The predicted octanol–water partition coefficient (Wildman–Crippen LogP) is 3.91. The summed E-state index contributed by atoms with van der Waals surface area (Å²) >= 11 is 3.45. The van der Waals surface area contributed by atoms with Crippen molar-refractivity contribution in [2.75, 3.05) is 0 Å². The summed E-state index contributed by atoms with van der Waals surface area (Å²) in [6.45, 7) is 5.50. The number of amides is 1. The molecule has 5 heteroatoms. The molecule has 116 valence electrons. The highest BCUT2D eigenvalue weighted by Crippen LogP contribution is 2.31. The van der Waals surface area contributed by atoms with Crippen molar-refractivity contribution in [3.63, 3.8) is 0 Å². The van der Waals surface area contributed by atoms with Crippen molar-refractivity contribution in [1.82, 2.24) is 5.32 Å². The summed E-state index contributed by atoms with van der Waals surface area (Å²) in [5.74, 6) is -1.14. The maximum absolute atomic E-state index is 12.2. The number of carboxylic acid groups (broad SMARTS) is 1. The van der Waals surface area contributed by atoms with Crippen LogP contribution < -0.4 is 5.32 Å². The standard InChI is InChI=1S/C16H22BrNO3/c1-4-16(5-2,15(20)21)10-14(19)18-11(3)12-8-6-7-9-13(12)17/h6-9,11H,4-5,10H2,1-3H3,(H,18,19)(H,20,21). The van der Waals surface area contributed by atoms with Crippen LogP contribution in [0.5, 0.6) is 0 Å². The van der Waals surface area contributed by atoms with Crippen molar-refractivity contribution in [1.29, 1.82) is 0 Å². The van der Waals surface area contributed by atoms with Crippen LogP contribution in [0.4, 0.5) is 0 Å². The normalized spacial score (nSPS) is 12.8. The van der Waals surface area contributed by atoms with Gasteiger partial charge in [-0.25, -0.2) is 0 Å². The summed E-state index contributed by atoms with van der Waals surface area (Å²) in [6.07, 6.45) is 0.884. The Kier molecular flexibility index (Phi) is 6.40. The molecule has 0 saturated carbocycles. The minimum absolute atomic E-state index is 0.00409. The minimum Gasteiger partial charge on any atom is -0.481 e. The number of aliphatic carboxylic acids is 1. The zero-order valence-corrected chi connectivity index (χ0v) is 14.2. The summed E-state index contributed by atoms with van der Waals surface area (Å²) in [4.78, 5) is 23.6. The molecule has 2 N–H and O–H groups in total. The molecular weight excluding hydrogens is 334 g/mol. The number of benzene rings is 1. The van der Waals surface area contributed by atoms with Gasteiger partial charge in [0.05, 0.1) is 11.5 Å². The predicted molar refractivity (Wildman–Crippen MR) is 86.0 cm³/mol. The second-order valence-electron chi connectivity index (χ2n) is 5.28. The van der Waals surface area contributed by atoms with Gasteiger partial charge < -0.3 is 10.4 Å². The van der Waals surface area contributed by atoms with E-state index >= 15 is 0 Å². The van der Waals surface area contributed by atoms with Crippen LogP contribution in [-0.4, -0.2) is 17.0 Å². The van der Waals surface area contributed by atoms with Gasteiger partial charge in [-0.1, -0.05) is 48.0 Å². The Bertz CT molecular complexity index is 512. The zero-order chi connectivity index (χ0) is 16.0. The maximum atomic E-state index is 12.2. The monoisotopic (exact) mass is 355 g/mol. The molecule has 0 aliphatic rings. The van der Waals surface area contributed by atoms with Crippen LogP contribution in [-0.2, 0) is 9.59 Å². The van der Waals surface area contributed by atoms with Gasteiger partial charge in [0, 0.05) is 10.9 Å². The van der Waals surface area contributed by atoms with Crippen LogP contribution in [0.2, 0.25) is 0 Å². The third kappa shape index (κ3) is 4.30. The van der Waals surface area contributed by atoms with Crippen LogP contribution in [0.15, 0.2) is 28.7 Å². The quantitative estimate of drug-likeness (QED) is 0.779. The van der Waals surface area contributed by atoms with Gasteiger partial charge in [-0.2, -0.15) is 0 Å². The number of carboxylic acids is 1. The van der Waals surface area contributed by atoms with Crippen LogP contribution in [0.25, 0.3) is 0 Å². The highest BCUT2D eigenvalue weighted by molar-refractivity contribution is 9.10. The first-order valence-corrected chi connectivity index (χ1v) is 7.92. The Hall–Kier alpha value is -1.36. The first-order valence-electron chi connectivity index (χ1n) is 7.13. The fraction of sp³-hybridized carbons (Fsp3) is 0.500. The molecule has 0 aliphatic heterocycles. The highest BCUT2D eigenvalue weighted by Gasteiger charge is 2.37. The Morgan fingerprint density at radius 1 is 1.29 bits per heavy atom. The first kappa shape index (κ1) is 17.7. The van der Waals surface area contributed by atoms with E-state index in [0.29, 0.717) is 12.8 Å². The van der Waals surface area contributed by atoms with E-state index in [4.69, 9.17) is 0 Å². The van der Waals surface area contributed by atoms with Crippen molar-refractivity contribution < 1.29 is 14.7 Å². The van der Waals surface area contributed by atoms with Crippen molar-refractivity contribution in [3.8, 4) is 0 Å². The van der Waals surface area contributed by atoms with Crippen molar-refractivity contribution in [2.45, 2.75) is 46.1 Å².